The summed E-state index contributed by atoms with van der Waals surface area (Å²) in [4.78, 5) is 0. The summed E-state index contributed by atoms with van der Waals surface area (Å²) in [6, 6.07) is 4.68. The summed E-state index contributed by atoms with van der Waals surface area (Å²) in [6.07, 6.45) is 0.959. The molecule has 92 valence electrons. The summed E-state index contributed by atoms with van der Waals surface area (Å²) < 4.78 is 18.4. The molecule has 0 aliphatic carbocycles. The Hall–Kier alpha value is -0.800. The Labute approximate surface area is 102 Å². The van der Waals surface area contributed by atoms with Gasteiger partial charge in [-0.1, -0.05) is 32.4 Å². The minimum atomic E-state index is -0.353. The molecule has 4 heteroatoms. The molecule has 0 saturated heterocycles. The van der Waals surface area contributed by atoms with Crippen LogP contribution < -0.4 is 10.5 Å². The van der Waals surface area contributed by atoms with Gasteiger partial charge in [-0.25, -0.2) is 4.39 Å². The predicted molar refractivity (Wildman–Crippen MR) is 66.6 cm³/mol. The average Bonchev–Trinajstić information content (AvgIpc) is 2.26. The van der Waals surface area contributed by atoms with E-state index in [0.717, 1.165) is 12.0 Å². The Kier molecular flexibility index (Phi) is 6.38. The lowest BCUT2D eigenvalue weighted by Crippen LogP contribution is -2.19. The van der Waals surface area contributed by atoms with Crippen LogP contribution in [0.25, 0.3) is 0 Å². The molecule has 0 fully saturated rings. The molecule has 1 unspecified atom stereocenters. The number of nitrogens with two attached hydrogens (primary N) is 1. The van der Waals surface area contributed by atoms with Gasteiger partial charge in [-0.3, -0.25) is 0 Å². The summed E-state index contributed by atoms with van der Waals surface area (Å²) in [5, 5.41) is 0. The monoisotopic (exact) mass is 247 g/mol. The Bertz CT molecular complexity index is 333. The molecule has 0 bridgehead atoms. The second-order valence-electron chi connectivity index (χ2n) is 3.77. The van der Waals surface area contributed by atoms with E-state index in [2.05, 4.69) is 13.8 Å². The van der Waals surface area contributed by atoms with Crippen molar-refractivity contribution in [2.75, 3.05) is 7.11 Å². The van der Waals surface area contributed by atoms with E-state index >= 15 is 0 Å². The third-order valence-electron chi connectivity index (χ3n) is 2.82. The first-order valence-electron chi connectivity index (χ1n) is 5.19. The summed E-state index contributed by atoms with van der Waals surface area (Å²) >= 11 is 0. The molecule has 0 heterocycles. The van der Waals surface area contributed by atoms with E-state index < -0.39 is 0 Å². The minimum Gasteiger partial charge on any atom is -0.493 e. The summed E-state index contributed by atoms with van der Waals surface area (Å²) in [6.45, 7) is 4.12. The molecule has 0 aromatic heterocycles. The molecule has 0 aliphatic rings. The largest absolute Gasteiger partial charge is 0.493 e. The van der Waals surface area contributed by atoms with E-state index in [1.165, 1.54) is 13.2 Å². The fourth-order valence-corrected chi connectivity index (χ4v) is 1.56. The maximum atomic E-state index is 13.4. The molecule has 1 aromatic rings. The topological polar surface area (TPSA) is 35.2 Å². The van der Waals surface area contributed by atoms with Gasteiger partial charge in [0.1, 0.15) is 0 Å². The second-order valence-corrected chi connectivity index (χ2v) is 3.77. The van der Waals surface area contributed by atoms with E-state index in [1.54, 1.807) is 6.07 Å². The van der Waals surface area contributed by atoms with Gasteiger partial charge in [0.05, 0.1) is 7.11 Å². The maximum absolute atomic E-state index is 13.4. The number of benzene rings is 1. The van der Waals surface area contributed by atoms with Crippen LogP contribution in [0.2, 0.25) is 0 Å². The highest BCUT2D eigenvalue weighted by Crippen LogP contribution is 2.31. The highest BCUT2D eigenvalue weighted by Gasteiger charge is 2.19. The zero-order valence-corrected chi connectivity index (χ0v) is 10.7. The molecule has 2 atom stereocenters. The quantitative estimate of drug-likeness (QED) is 0.886. The zero-order chi connectivity index (χ0) is 11.4. The van der Waals surface area contributed by atoms with Crippen molar-refractivity contribution in [1.29, 1.82) is 0 Å². The molecule has 2 nitrogen and oxygen atoms in total. The van der Waals surface area contributed by atoms with Crippen LogP contribution in [-0.4, -0.2) is 7.11 Å². The number of ether oxygens (including phenoxy) is 1. The van der Waals surface area contributed by atoms with Gasteiger partial charge in [-0.15, -0.1) is 12.4 Å². The number of methoxy groups -OCH3 is 1. The van der Waals surface area contributed by atoms with Gasteiger partial charge < -0.3 is 10.5 Å². The van der Waals surface area contributed by atoms with Crippen LogP contribution in [0.3, 0.4) is 0 Å². The van der Waals surface area contributed by atoms with Gasteiger partial charge >= 0.3 is 0 Å². The first-order valence-corrected chi connectivity index (χ1v) is 5.19. The molecule has 1 rings (SSSR count). The van der Waals surface area contributed by atoms with E-state index in [9.17, 15) is 4.39 Å². The molecule has 2 N–H and O–H groups in total. The van der Waals surface area contributed by atoms with Gasteiger partial charge in [-0.2, -0.15) is 0 Å². The van der Waals surface area contributed by atoms with Crippen LogP contribution >= 0.6 is 12.4 Å². The van der Waals surface area contributed by atoms with Crippen LogP contribution in [0.1, 0.15) is 31.9 Å². The smallest absolute Gasteiger partial charge is 0.165 e. The third kappa shape index (κ3) is 3.09. The molecule has 0 aliphatic heterocycles. The minimum absolute atomic E-state index is 0. The van der Waals surface area contributed by atoms with E-state index in [-0.39, 0.29) is 30.0 Å². The molecular formula is C12H19ClFNO. The molecule has 1 aromatic carbocycles. The van der Waals surface area contributed by atoms with Gasteiger partial charge in [0.15, 0.2) is 11.6 Å². The zero-order valence-electron chi connectivity index (χ0n) is 9.87. The Morgan fingerprint density at radius 1 is 1.44 bits per heavy atom. The fraction of sp³-hybridized carbons (Fsp3) is 0.500. The van der Waals surface area contributed by atoms with E-state index in [1.807, 2.05) is 6.07 Å². The first kappa shape index (κ1) is 15.2. The number of hydrogen-bond acceptors (Lipinski definition) is 2. The van der Waals surface area contributed by atoms with Crippen LogP contribution in [-0.2, 0) is 0 Å². The molecule has 0 saturated carbocycles. The van der Waals surface area contributed by atoms with Crippen molar-refractivity contribution in [3.63, 3.8) is 0 Å². The molecule has 0 radical (unpaired) electrons. The lowest BCUT2D eigenvalue weighted by atomic mass is 9.92. The lowest BCUT2D eigenvalue weighted by Gasteiger charge is -2.21. The molecule has 0 spiro atoms. The maximum Gasteiger partial charge on any atom is 0.165 e. The van der Waals surface area contributed by atoms with Crippen molar-refractivity contribution in [3.05, 3.63) is 29.6 Å². The van der Waals surface area contributed by atoms with Crippen molar-refractivity contribution >= 4 is 12.4 Å². The van der Waals surface area contributed by atoms with E-state index in [0.29, 0.717) is 5.92 Å². The van der Waals surface area contributed by atoms with Gasteiger partial charge in [-0.05, 0) is 12.0 Å². The Morgan fingerprint density at radius 2 is 2.06 bits per heavy atom. The Morgan fingerprint density at radius 3 is 2.56 bits per heavy atom. The molecule has 0 amide bonds. The van der Waals surface area contributed by atoms with Crippen LogP contribution in [0, 0.1) is 11.7 Å². The van der Waals surface area contributed by atoms with Gasteiger partial charge in [0, 0.05) is 11.6 Å². The van der Waals surface area contributed by atoms with Crippen LogP contribution in [0.15, 0.2) is 18.2 Å². The van der Waals surface area contributed by atoms with Crippen molar-refractivity contribution < 1.29 is 9.13 Å². The first-order chi connectivity index (χ1) is 7.11. The number of hydrogen-bond donors (Lipinski definition) is 1. The molecular weight excluding hydrogens is 229 g/mol. The standard InChI is InChI=1S/C12H18FNO.ClH/c1-4-8(2)11(14)9-6-5-7-10(13)12(9)15-3;/h5-8,11H,4,14H2,1-3H3;1H/t8?,11-;/m0./s1. The third-order valence-corrected chi connectivity index (χ3v) is 2.82. The summed E-state index contributed by atoms with van der Waals surface area (Å²) in [5.74, 6) is 0.222. The lowest BCUT2D eigenvalue weighted by molar-refractivity contribution is 0.365. The summed E-state index contributed by atoms with van der Waals surface area (Å²) in [7, 11) is 1.46. The number of rotatable bonds is 4. The van der Waals surface area contributed by atoms with Crippen LogP contribution in [0.4, 0.5) is 4.39 Å². The highest BCUT2D eigenvalue weighted by atomic mass is 35.5. The average molecular weight is 248 g/mol. The Balaban J connectivity index is 0.00000225. The van der Waals surface area contributed by atoms with Crippen LogP contribution in [0.5, 0.6) is 5.75 Å². The highest BCUT2D eigenvalue weighted by molar-refractivity contribution is 5.85. The van der Waals surface area contributed by atoms with Crippen molar-refractivity contribution in [1.82, 2.24) is 0 Å². The van der Waals surface area contributed by atoms with Gasteiger partial charge in [0.2, 0.25) is 0 Å². The molecule has 16 heavy (non-hydrogen) atoms. The van der Waals surface area contributed by atoms with Crippen molar-refractivity contribution in [2.45, 2.75) is 26.3 Å². The SMILES string of the molecule is CCC(C)[C@H](N)c1cccc(F)c1OC.Cl. The number of halogens is 2. The fourth-order valence-electron chi connectivity index (χ4n) is 1.56. The normalized spacial score (nSPS) is 13.8. The number of para-hydroxylation sites is 1. The summed E-state index contributed by atoms with van der Waals surface area (Å²) in [5.41, 5.74) is 6.79. The van der Waals surface area contributed by atoms with E-state index in [4.69, 9.17) is 10.5 Å². The second kappa shape index (κ2) is 6.71. The van der Waals surface area contributed by atoms with Crippen molar-refractivity contribution in [3.8, 4) is 5.75 Å². The predicted octanol–water partition coefficient (Wildman–Crippen LogP) is 3.30. The van der Waals surface area contributed by atoms with Gasteiger partial charge in [0.25, 0.3) is 0 Å². The van der Waals surface area contributed by atoms with Crippen molar-refractivity contribution in [2.24, 2.45) is 11.7 Å².